The Kier molecular flexibility index (Phi) is 11.2. The van der Waals surface area contributed by atoms with Gasteiger partial charge >= 0.3 is 0 Å². The molecule has 1 unspecified atom stereocenters. The molecule has 0 bridgehead atoms. The molecule has 0 aliphatic rings. The number of methoxy groups -OCH3 is 1. The number of aliphatic hydroxyl groups is 1. The first-order valence-electron chi connectivity index (χ1n) is 8.18. The van der Waals surface area contributed by atoms with Gasteiger partial charge in [0, 0.05) is 20.2 Å². The molecule has 24 heavy (non-hydrogen) atoms. The summed E-state index contributed by atoms with van der Waals surface area (Å²) in [6.45, 7) is 10.9. The molecular weight excluding hydrogens is 417 g/mol. The van der Waals surface area contributed by atoms with Crippen LogP contribution in [0.5, 0.6) is 0 Å². The van der Waals surface area contributed by atoms with Crippen molar-refractivity contribution in [2.24, 2.45) is 4.99 Å². The smallest absolute Gasteiger partial charge is 0.191 e. The average molecular weight is 449 g/mol. The van der Waals surface area contributed by atoms with E-state index in [-0.39, 0.29) is 29.4 Å². The monoisotopic (exact) mass is 449 g/mol. The van der Waals surface area contributed by atoms with Crippen LogP contribution < -0.4 is 10.6 Å². The summed E-state index contributed by atoms with van der Waals surface area (Å²) in [6.07, 6.45) is -0.609. The Morgan fingerprint density at radius 3 is 2.33 bits per heavy atom. The summed E-state index contributed by atoms with van der Waals surface area (Å²) in [7, 11) is 1.66. The number of hydrogen-bond donors (Lipinski definition) is 3. The average Bonchev–Trinajstić information content (AvgIpc) is 2.51. The van der Waals surface area contributed by atoms with Gasteiger partial charge in [0.2, 0.25) is 0 Å². The van der Waals surface area contributed by atoms with Crippen LogP contribution in [0.25, 0.3) is 0 Å². The summed E-state index contributed by atoms with van der Waals surface area (Å²) in [5.41, 5.74) is 2.26. The number of rotatable bonds is 7. The molecule has 5 nitrogen and oxygen atoms in total. The highest BCUT2D eigenvalue weighted by Gasteiger charge is 2.14. The van der Waals surface area contributed by atoms with E-state index < -0.39 is 6.10 Å². The molecule has 3 N–H and O–H groups in total. The first kappa shape index (κ1) is 23.1. The molecule has 0 aliphatic carbocycles. The topological polar surface area (TPSA) is 65.9 Å². The highest BCUT2D eigenvalue weighted by Crippen LogP contribution is 2.24. The molecule has 6 heteroatoms. The molecular formula is C18H32IN3O2. The number of nitrogens with one attached hydrogen (secondary N) is 2. The molecule has 0 heterocycles. The standard InChI is InChI=1S/C18H31N3O2.HI/c1-6-19-17(20-11-12-23-5)21-13-16(22)14-7-9-15(10-8-14)18(2,3)4;/h7-10,16,22H,6,11-13H2,1-5H3,(H2,19,20,21);1H. The molecule has 0 aliphatic heterocycles. The normalized spacial score (nSPS) is 13.2. The Balaban J connectivity index is 0.00000529. The van der Waals surface area contributed by atoms with Crippen LogP contribution >= 0.6 is 24.0 Å². The number of aliphatic imine (C=N–C) groups is 1. The number of aliphatic hydroxyl groups excluding tert-OH is 1. The lowest BCUT2D eigenvalue weighted by Gasteiger charge is -2.20. The fourth-order valence-electron chi connectivity index (χ4n) is 2.10. The second-order valence-electron chi connectivity index (χ2n) is 6.53. The van der Waals surface area contributed by atoms with Gasteiger partial charge in [-0.2, -0.15) is 0 Å². The van der Waals surface area contributed by atoms with Crippen LogP contribution in [0.1, 0.15) is 44.9 Å². The van der Waals surface area contributed by atoms with Crippen molar-refractivity contribution < 1.29 is 9.84 Å². The van der Waals surface area contributed by atoms with E-state index in [4.69, 9.17) is 4.74 Å². The van der Waals surface area contributed by atoms with E-state index in [2.05, 4.69) is 48.5 Å². The van der Waals surface area contributed by atoms with E-state index in [9.17, 15) is 5.11 Å². The zero-order valence-electron chi connectivity index (χ0n) is 15.4. The second kappa shape index (κ2) is 11.7. The van der Waals surface area contributed by atoms with Crippen LogP contribution in [0, 0.1) is 0 Å². The molecule has 0 radical (unpaired) electrons. The Labute approximate surface area is 163 Å². The van der Waals surface area contributed by atoms with Crippen LogP contribution in [-0.4, -0.2) is 44.4 Å². The van der Waals surface area contributed by atoms with E-state index in [1.807, 2.05) is 19.1 Å². The summed E-state index contributed by atoms with van der Waals surface area (Å²) in [4.78, 5) is 4.42. The molecule has 0 saturated carbocycles. The summed E-state index contributed by atoms with van der Waals surface area (Å²) in [6, 6.07) is 8.10. The number of benzene rings is 1. The number of halogens is 1. The molecule has 1 atom stereocenters. The van der Waals surface area contributed by atoms with Crippen molar-refractivity contribution in [1.29, 1.82) is 0 Å². The van der Waals surface area contributed by atoms with Crippen molar-refractivity contribution >= 4 is 29.9 Å². The van der Waals surface area contributed by atoms with Crippen LogP contribution in [0.4, 0.5) is 0 Å². The van der Waals surface area contributed by atoms with Gasteiger partial charge in [-0.15, -0.1) is 24.0 Å². The fraction of sp³-hybridized carbons (Fsp3) is 0.611. The second-order valence-corrected chi connectivity index (χ2v) is 6.53. The van der Waals surface area contributed by atoms with Gasteiger partial charge in [0.05, 0.1) is 19.3 Å². The first-order valence-corrected chi connectivity index (χ1v) is 8.18. The molecule has 0 fully saturated rings. The van der Waals surface area contributed by atoms with Gasteiger partial charge in [0.25, 0.3) is 0 Å². The van der Waals surface area contributed by atoms with Crippen molar-refractivity contribution in [3.05, 3.63) is 35.4 Å². The number of guanidine groups is 1. The van der Waals surface area contributed by atoms with Gasteiger partial charge in [-0.1, -0.05) is 45.0 Å². The zero-order valence-corrected chi connectivity index (χ0v) is 17.8. The molecule has 0 spiro atoms. The minimum absolute atomic E-state index is 0. The molecule has 138 valence electrons. The van der Waals surface area contributed by atoms with E-state index >= 15 is 0 Å². The van der Waals surface area contributed by atoms with Gasteiger partial charge in [-0.25, -0.2) is 0 Å². The molecule has 1 aromatic rings. The quantitative estimate of drug-likeness (QED) is 0.259. The van der Waals surface area contributed by atoms with Crippen molar-refractivity contribution in [2.45, 2.75) is 39.2 Å². The minimum atomic E-state index is -0.609. The van der Waals surface area contributed by atoms with E-state index in [0.717, 1.165) is 12.1 Å². The minimum Gasteiger partial charge on any atom is -0.386 e. The summed E-state index contributed by atoms with van der Waals surface area (Å²) in [5, 5.41) is 16.6. The Morgan fingerprint density at radius 1 is 1.21 bits per heavy atom. The van der Waals surface area contributed by atoms with Crippen LogP contribution in [0.3, 0.4) is 0 Å². The molecule has 1 aromatic carbocycles. The van der Waals surface area contributed by atoms with Gasteiger partial charge < -0.3 is 20.5 Å². The maximum atomic E-state index is 10.3. The molecule has 0 aromatic heterocycles. The lowest BCUT2D eigenvalue weighted by molar-refractivity contribution is 0.187. The van der Waals surface area contributed by atoms with Crippen molar-refractivity contribution in [1.82, 2.24) is 10.6 Å². The highest BCUT2D eigenvalue weighted by atomic mass is 127. The van der Waals surface area contributed by atoms with Gasteiger partial charge in [-0.3, -0.25) is 4.99 Å². The van der Waals surface area contributed by atoms with E-state index in [1.165, 1.54) is 5.56 Å². The largest absolute Gasteiger partial charge is 0.386 e. The third kappa shape index (κ3) is 8.30. The van der Waals surface area contributed by atoms with Gasteiger partial charge in [0.1, 0.15) is 0 Å². The van der Waals surface area contributed by atoms with Crippen molar-refractivity contribution in [2.75, 3.05) is 33.4 Å². The fourth-order valence-corrected chi connectivity index (χ4v) is 2.10. The van der Waals surface area contributed by atoms with Gasteiger partial charge in [-0.05, 0) is 23.5 Å². The maximum Gasteiger partial charge on any atom is 0.191 e. The van der Waals surface area contributed by atoms with Crippen LogP contribution in [0.2, 0.25) is 0 Å². The summed E-state index contributed by atoms with van der Waals surface area (Å²) >= 11 is 0. The summed E-state index contributed by atoms with van der Waals surface area (Å²) in [5.74, 6) is 0.690. The predicted molar refractivity (Wildman–Crippen MR) is 111 cm³/mol. The Hall–Kier alpha value is -0.860. The van der Waals surface area contributed by atoms with Gasteiger partial charge in [0.15, 0.2) is 5.96 Å². The number of ether oxygens (including phenoxy) is 1. The molecule has 0 saturated heterocycles. The lowest BCUT2D eigenvalue weighted by Crippen LogP contribution is -2.39. The van der Waals surface area contributed by atoms with Crippen molar-refractivity contribution in [3.8, 4) is 0 Å². The van der Waals surface area contributed by atoms with Crippen molar-refractivity contribution in [3.63, 3.8) is 0 Å². The Bertz CT molecular complexity index is 484. The summed E-state index contributed by atoms with van der Waals surface area (Å²) < 4.78 is 5.01. The molecule has 0 amide bonds. The first-order chi connectivity index (χ1) is 10.9. The SMILES string of the molecule is CCNC(=NCC(O)c1ccc(C(C)(C)C)cc1)NCCOC.I. The third-order valence-corrected chi connectivity index (χ3v) is 3.53. The zero-order chi connectivity index (χ0) is 17.3. The van der Waals surface area contributed by atoms with E-state index in [1.54, 1.807) is 7.11 Å². The highest BCUT2D eigenvalue weighted by molar-refractivity contribution is 14.0. The predicted octanol–water partition coefficient (Wildman–Crippen LogP) is 2.84. The van der Waals surface area contributed by atoms with E-state index in [0.29, 0.717) is 25.7 Å². The lowest BCUT2D eigenvalue weighted by atomic mass is 9.86. The van der Waals surface area contributed by atoms with Crippen LogP contribution in [-0.2, 0) is 10.2 Å². The van der Waals surface area contributed by atoms with Crippen LogP contribution in [0.15, 0.2) is 29.3 Å². The number of hydrogen-bond acceptors (Lipinski definition) is 3. The maximum absolute atomic E-state index is 10.3. The number of nitrogens with zero attached hydrogens (tertiary/aromatic N) is 1. The third-order valence-electron chi connectivity index (χ3n) is 3.53. The molecule has 1 rings (SSSR count). The Morgan fingerprint density at radius 2 is 1.83 bits per heavy atom.